The quantitative estimate of drug-likeness (QED) is 0.392. The van der Waals surface area contributed by atoms with Crippen LogP contribution >= 0.6 is 0 Å². The van der Waals surface area contributed by atoms with Crippen molar-refractivity contribution in [3.8, 4) is 5.75 Å². The summed E-state index contributed by atoms with van der Waals surface area (Å²) in [5, 5.41) is 6.61. The van der Waals surface area contributed by atoms with Gasteiger partial charge in [0.1, 0.15) is 29.7 Å². The van der Waals surface area contributed by atoms with Crippen LogP contribution in [-0.4, -0.2) is 52.5 Å². The summed E-state index contributed by atoms with van der Waals surface area (Å²) in [6.07, 6.45) is 0.766. The molecule has 1 saturated heterocycles. The Kier molecular flexibility index (Phi) is 7.84. The van der Waals surface area contributed by atoms with Crippen LogP contribution in [0.1, 0.15) is 12.0 Å². The molecule has 1 heterocycles. The fraction of sp³-hybridized carbons (Fsp3) is 0.409. The highest BCUT2D eigenvalue weighted by Crippen LogP contribution is 2.26. The van der Waals surface area contributed by atoms with Crippen molar-refractivity contribution in [3.63, 3.8) is 0 Å². The molecule has 0 spiro atoms. The maximum atomic E-state index is 14.0. The van der Waals surface area contributed by atoms with Crippen LogP contribution in [0.15, 0.2) is 47.5 Å². The summed E-state index contributed by atoms with van der Waals surface area (Å²) in [6, 6.07) is 11.8. The number of halogens is 2. The minimum absolute atomic E-state index is 0.0394. The Morgan fingerprint density at radius 1 is 1.13 bits per heavy atom. The minimum Gasteiger partial charge on any atom is -0.491 e. The number of nitrogens with one attached hydrogen (secondary N) is 2. The standard InChI is InChI=1S/C22H28F2N4O2/c1-25-22(26-14-16-6-8-18(9-7-16)30-13-12-29-2)27-17-10-11-28(15-17)21-19(23)4-3-5-20(21)24/h3-9,17H,10-15H2,1-2H3,(H2,25,26,27). The zero-order valence-electron chi connectivity index (χ0n) is 17.3. The van der Waals surface area contributed by atoms with E-state index in [0.717, 1.165) is 17.7 Å². The molecule has 0 aromatic heterocycles. The zero-order valence-corrected chi connectivity index (χ0v) is 17.3. The van der Waals surface area contributed by atoms with Gasteiger partial charge in [-0.3, -0.25) is 4.99 Å². The second kappa shape index (κ2) is 10.8. The monoisotopic (exact) mass is 418 g/mol. The van der Waals surface area contributed by atoms with Gasteiger partial charge in [-0.05, 0) is 36.2 Å². The Morgan fingerprint density at radius 2 is 1.87 bits per heavy atom. The van der Waals surface area contributed by atoms with Gasteiger partial charge in [0.15, 0.2) is 5.96 Å². The number of aliphatic imine (C=N–C) groups is 1. The van der Waals surface area contributed by atoms with E-state index < -0.39 is 11.6 Å². The molecule has 1 fully saturated rings. The normalized spacial score (nSPS) is 16.6. The van der Waals surface area contributed by atoms with E-state index in [9.17, 15) is 8.78 Å². The molecule has 162 valence electrons. The summed E-state index contributed by atoms with van der Waals surface area (Å²) in [6.45, 7) is 2.74. The molecule has 0 bridgehead atoms. The van der Waals surface area contributed by atoms with Gasteiger partial charge in [-0.25, -0.2) is 8.78 Å². The Balaban J connectivity index is 1.48. The second-order valence-corrected chi connectivity index (χ2v) is 7.06. The van der Waals surface area contributed by atoms with Gasteiger partial charge < -0.3 is 25.0 Å². The van der Waals surface area contributed by atoms with Crippen molar-refractivity contribution in [2.24, 2.45) is 4.99 Å². The first-order valence-corrected chi connectivity index (χ1v) is 9.97. The first-order valence-electron chi connectivity index (χ1n) is 9.97. The van der Waals surface area contributed by atoms with Gasteiger partial charge >= 0.3 is 0 Å². The van der Waals surface area contributed by atoms with Gasteiger partial charge in [0.05, 0.1) is 6.61 Å². The highest BCUT2D eigenvalue weighted by Gasteiger charge is 2.27. The Morgan fingerprint density at radius 3 is 2.53 bits per heavy atom. The number of guanidine groups is 1. The molecule has 2 aromatic carbocycles. The van der Waals surface area contributed by atoms with Crippen molar-refractivity contribution in [1.29, 1.82) is 0 Å². The van der Waals surface area contributed by atoms with E-state index in [1.165, 1.54) is 18.2 Å². The van der Waals surface area contributed by atoms with Crippen molar-refractivity contribution >= 4 is 11.6 Å². The van der Waals surface area contributed by atoms with Crippen LogP contribution in [0, 0.1) is 11.6 Å². The molecule has 8 heteroatoms. The largest absolute Gasteiger partial charge is 0.491 e. The number of benzene rings is 2. The molecule has 1 unspecified atom stereocenters. The fourth-order valence-corrected chi connectivity index (χ4v) is 3.39. The lowest BCUT2D eigenvalue weighted by atomic mass is 10.2. The van der Waals surface area contributed by atoms with Crippen molar-refractivity contribution in [3.05, 3.63) is 59.7 Å². The molecule has 0 amide bonds. The number of hydrogen-bond acceptors (Lipinski definition) is 4. The molecule has 2 N–H and O–H groups in total. The molecular formula is C22H28F2N4O2. The van der Waals surface area contributed by atoms with Gasteiger partial charge in [-0.15, -0.1) is 0 Å². The summed E-state index contributed by atoms with van der Waals surface area (Å²) in [4.78, 5) is 5.99. The van der Waals surface area contributed by atoms with Gasteiger partial charge in [0.2, 0.25) is 0 Å². The Hall–Kier alpha value is -2.87. The third-order valence-electron chi connectivity index (χ3n) is 4.95. The topological polar surface area (TPSA) is 58.1 Å². The number of nitrogens with zero attached hydrogens (tertiary/aromatic N) is 2. The van der Waals surface area contributed by atoms with Crippen molar-refractivity contribution in [2.75, 3.05) is 45.4 Å². The molecule has 1 aliphatic heterocycles. The minimum atomic E-state index is -0.534. The number of ether oxygens (including phenoxy) is 2. The third kappa shape index (κ3) is 5.82. The van der Waals surface area contributed by atoms with E-state index in [2.05, 4.69) is 15.6 Å². The summed E-state index contributed by atoms with van der Waals surface area (Å²) in [7, 11) is 3.34. The molecule has 6 nitrogen and oxygen atoms in total. The van der Waals surface area contributed by atoms with Gasteiger partial charge in [-0.2, -0.15) is 0 Å². The molecule has 30 heavy (non-hydrogen) atoms. The highest BCUT2D eigenvalue weighted by atomic mass is 19.1. The molecular weight excluding hydrogens is 390 g/mol. The van der Waals surface area contributed by atoms with Crippen LogP contribution in [0.3, 0.4) is 0 Å². The van der Waals surface area contributed by atoms with Gasteiger partial charge in [0, 0.05) is 39.8 Å². The molecule has 0 radical (unpaired) electrons. The number of rotatable bonds is 8. The van der Waals surface area contributed by atoms with E-state index in [4.69, 9.17) is 9.47 Å². The Labute approximate surface area is 175 Å². The van der Waals surface area contributed by atoms with Crippen molar-refractivity contribution < 1.29 is 18.3 Å². The first kappa shape index (κ1) is 21.8. The molecule has 0 saturated carbocycles. The van der Waals surface area contributed by atoms with Crippen LogP contribution in [0.5, 0.6) is 5.75 Å². The molecule has 0 aliphatic carbocycles. The van der Waals surface area contributed by atoms with Gasteiger partial charge in [0.25, 0.3) is 0 Å². The van der Waals surface area contributed by atoms with Gasteiger partial charge in [-0.1, -0.05) is 18.2 Å². The van der Waals surface area contributed by atoms with Crippen LogP contribution in [0.25, 0.3) is 0 Å². The average molecular weight is 418 g/mol. The van der Waals surface area contributed by atoms with Crippen LogP contribution in [0.4, 0.5) is 14.5 Å². The van der Waals surface area contributed by atoms with Crippen molar-refractivity contribution in [1.82, 2.24) is 10.6 Å². The lowest BCUT2D eigenvalue weighted by Crippen LogP contribution is -2.44. The molecule has 3 rings (SSSR count). The van der Waals surface area contributed by atoms with E-state index in [1.54, 1.807) is 19.1 Å². The smallest absolute Gasteiger partial charge is 0.191 e. The zero-order chi connectivity index (χ0) is 21.3. The lowest BCUT2D eigenvalue weighted by molar-refractivity contribution is 0.146. The lowest BCUT2D eigenvalue weighted by Gasteiger charge is -2.21. The number of methoxy groups -OCH3 is 1. The van der Waals surface area contributed by atoms with E-state index in [-0.39, 0.29) is 11.7 Å². The van der Waals surface area contributed by atoms with E-state index in [1.807, 2.05) is 24.3 Å². The van der Waals surface area contributed by atoms with Crippen LogP contribution in [-0.2, 0) is 11.3 Å². The van der Waals surface area contributed by atoms with E-state index >= 15 is 0 Å². The maximum absolute atomic E-state index is 14.0. The number of para-hydroxylation sites is 1. The first-order chi connectivity index (χ1) is 14.6. The van der Waals surface area contributed by atoms with Crippen molar-refractivity contribution in [2.45, 2.75) is 19.0 Å². The Bertz CT molecular complexity index is 825. The SMILES string of the molecule is CN=C(NCc1ccc(OCCOC)cc1)NC1CCN(c2c(F)cccc2F)C1. The maximum Gasteiger partial charge on any atom is 0.191 e. The van der Waals surface area contributed by atoms with Crippen LogP contribution < -0.4 is 20.3 Å². The predicted octanol–water partition coefficient (Wildman–Crippen LogP) is 2.93. The molecule has 1 aliphatic rings. The summed E-state index contributed by atoms with van der Waals surface area (Å²) in [5.41, 5.74) is 1.12. The average Bonchev–Trinajstić information content (AvgIpc) is 3.20. The second-order valence-electron chi connectivity index (χ2n) is 7.06. The summed E-state index contributed by atoms with van der Waals surface area (Å²) < 4.78 is 38.6. The highest BCUT2D eigenvalue weighted by molar-refractivity contribution is 5.80. The van der Waals surface area contributed by atoms with E-state index in [0.29, 0.717) is 38.8 Å². The number of hydrogen-bond donors (Lipinski definition) is 2. The third-order valence-corrected chi connectivity index (χ3v) is 4.95. The summed E-state index contributed by atoms with van der Waals surface area (Å²) >= 11 is 0. The predicted molar refractivity (Wildman–Crippen MR) is 114 cm³/mol. The van der Waals surface area contributed by atoms with Crippen LogP contribution in [0.2, 0.25) is 0 Å². The number of anilines is 1. The fourth-order valence-electron chi connectivity index (χ4n) is 3.39. The molecule has 1 atom stereocenters. The molecule has 2 aromatic rings. The summed E-state index contributed by atoms with van der Waals surface area (Å²) in [5.74, 6) is 0.376.